The number of amides is 3. The van der Waals surface area contributed by atoms with Crippen molar-refractivity contribution < 1.29 is 19.5 Å². The minimum atomic E-state index is -0.833. The van der Waals surface area contributed by atoms with Gasteiger partial charge in [0.05, 0.1) is 0 Å². The van der Waals surface area contributed by atoms with Gasteiger partial charge in [0.1, 0.15) is 11.9 Å². The number of hydrogen-bond donors (Lipinski definition) is 5. The minimum Gasteiger partial charge on any atom is -0.481 e. The van der Waals surface area contributed by atoms with Crippen molar-refractivity contribution in [3.63, 3.8) is 0 Å². The first-order valence-electron chi connectivity index (χ1n) is 7.69. The third-order valence-electron chi connectivity index (χ3n) is 3.57. The van der Waals surface area contributed by atoms with E-state index in [-0.39, 0.29) is 11.7 Å². The number of hydrogen-bond acceptors (Lipinski definition) is 4. The van der Waals surface area contributed by atoms with Gasteiger partial charge in [-0.05, 0) is 18.4 Å². The number of nitrogens with two attached hydrogens (primary N) is 2. The topological polar surface area (TPSA) is 163 Å². The lowest BCUT2D eigenvalue weighted by Gasteiger charge is -2.21. The summed E-state index contributed by atoms with van der Waals surface area (Å²) in [6.45, 7) is 1.97. The van der Waals surface area contributed by atoms with E-state index in [9.17, 15) is 9.59 Å². The average molecular weight is 349 g/mol. The number of nitrogen functional groups attached to an aromatic ring is 1. The number of carboxylic acid groups (broad SMARTS) is 1. The predicted octanol–water partition coefficient (Wildman–Crippen LogP) is 0.221. The van der Waals surface area contributed by atoms with Crippen LogP contribution in [0.5, 0.6) is 0 Å². The number of urea groups is 1. The van der Waals surface area contributed by atoms with Crippen LogP contribution in [0.15, 0.2) is 24.3 Å². The molecule has 3 amide bonds. The van der Waals surface area contributed by atoms with E-state index in [4.69, 9.17) is 26.8 Å². The van der Waals surface area contributed by atoms with Crippen molar-refractivity contribution in [2.45, 2.75) is 32.4 Å². The van der Waals surface area contributed by atoms with Crippen molar-refractivity contribution in [1.29, 1.82) is 5.41 Å². The number of carboxylic acids is 1. The molecule has 9 nitrogen and oxygen atoms in total. The van der Waals surface area contributed by atoms with E-state index in [0.717, 1.165) is 18.9 Å². The molecule has 1 aliphatic rings. The summed E-state index contributed by atoms with van der Waals surface area (Å²) in [5.74, 6) is -1.02. The largest absolute Gasteiger partial charge is 0.481 e. The molecule has 0 bridgehead atoms. The standard InChI is InChI=1S/C14H19N5O2.C2H4O2/c15-12(16)10-5-3-9(4-6-10)8-18-13(20)11-2-1-7-19(11)14(17)21;1-2(3)4/h3-6,11H,1-2,7-8H2,(H3,15,16)(H2,17,21)(H,18,20);1H3,(H,3,4)/t11-;/m0./s1. The van der Waals surface area contributed by atoms with Gasteiger partial charge < -0.3 is 26.8 Å². The maximum atomic E-state index is 12.1. The Bertz CT molecular complexity index is 640. The molecule has 1 aliphatic heterocycles. The summed E-state index contributed by atoms with van der Waals surface area (Å²) in [6.07, 6.45) is 1.42. The number of primary amides is 1. The normalized spacial score (nSPS) is 15.7. The zero-order valence-electron chi connectivity index (χ0n) is 14.0. The molecule has 9 heteroatoms. The van der Waals surface area contributed by atoms with Crippen molar-refractivity contribution in [2.75, 3.05) is 6.54 Å². The fraction of sp³-hybridized carbons (Fsp3) is 0.375. The van der Waals surface area contributed by atoms with E-state index < -0.39 is 18.0 Å². The molecule has 25 heavy (non-hydrogen) atoms. The second-order valence-corrected chi connectivity index (χ2v) is 5.54. The van der Waals surface area contributed by atoms with Gasteiger partial charge in [-0.15, -0.1) is 0 Å². The van der Waals surface area contributed by atoms with Crippen molar-refractivity contribution >= 4 is 23.7 Å². The third-order valence-corrected chi connectivity index (χ3v) is 3.57. The molecule has 0 saturated carbocycles. The molecule has 0 radical (unpaired) electrons. The van der Waals surface area contributed by atoms with Gasteiger partial charge in [-0.3, -0.25) is 15.0 Å². The minimum absolute atomic E-state index is 0.00800. The molecule has 1 heterocycles. The van der Waals surface area contributed by atoms with Crippen LogP contribution in [-0.2, 0) is 16.1 Å². The smallest absolute Gasteiger partial charge is 0.315 e. The number of rotatable bonds is 4. The Morgan fingerprint density at radius 2 is 1.84 bits per heavy atom. The van der Waals surface area contributed by atoms with Crippen LogP contribution in [0.4, 0.5) is 4.79 Å². The van der Waals surface area contributed by atoms with Gasteiger partial charge in [-0.1, -0.05) is 24.3 Å². The fourth-order valence-electron chi connectivity index (χ4n) is 2.41. The van der Waals surface area contributed by atoms with Gasteiger partial charge in [0.25, 0.3) is 5.97 Å². The highest BCUT2D eigenvalue weighted by Gasteiger charge is 2.32. The molecular formula is C16H23N5O4. The second-order valence-electron chi connectivity index (χ2n) is 5.54. The van der Waals surface area contributed by atoms with Crippen molar-refractivity contribution in [2.24, 2.45) is 11.5 Å². The predicted molar refractivity (Wildman–Crippen MR) is 91.9 cm³/mol. The Morgan fingerprint density at radius 1 is 1.28 bits per heavy atom. The van der Waals surface area contributed by atoms with Gasteiger partial charge in [0.15, 0.2) is 0 Å². The Hall–Kier alpha value is -3.10. The van der Waals surface area contributed by atoms with Crippen molar-refractivity contribution in [1.82, 2.24) is 10.2 Å². The van der Waals surface area contributed by atoms with Gasteiger partial charge in [-0.2, -0.15) is 0 Å². The van der Waals surface area contributed by atoms with Crippen molar-refractivity contribution in [3.05, 3.63) is 35.4 Å². The monoisotopic (exact) mass is 349 g/mol. The summed E-state index contributed by atoms with van der Waals surface area (Å²) in [7, 11) is 0. The van der Waals surface area contributed by atoms with E-state index in [0.29, 0.717) is 25.1 Å². The number of carbonyl (C=O) groups excluding carboxylic acids is 2. The average Bonchev–Trinajstić information content (AvgIpc) is 3.02. The van der Waals surface area contributed by atoms with Crippen LogP contribution in [-0.4, -0.2) is 46.3 Å². The summed E-state index contributed by atoms with van der Waals surface area (Å²) >= 11 is 0. The first kappa shape index (κ1) is 19.9. The number of benzene rings is 1. The van der Waals surface area contributed by atoms with E-state index in [1.165, 1.54) is 4.90 Å². The molecule has 1 aromatic rings. The lowest BCUT2D eigenvalue weighted by molar-refractivity contribution is -0.134. The van der Waals surface area contributed by atoms with Gasteiger partial charge >= 0.3 is 6.03 Å². The maximum Gasteiger partial charge on any atom is 0.315 e. The molecule has 1 fully saturated rings. The number of nitrogens with one attached hydrogen (secondary N) is 2. The van der Waals surface area contributed by atoms with Gasteiger partial charge in [0.2, 0.25) is 5.91 Å². The molecule has 2 rings (SSSR count). The molecule has 0 aromatic heterocycles. The number of likely N-dealkylation sites (tertiary alicyclic amines) is 1. The van der Waals surface area contributed by atoms with E-state index in [2.05, 4.69) is 5.32 Å². The number of carbonyl (C=O) groups is 3. The highest BCUT2D eigenvalue weighted by molar-refractivity contribution is 5.94. The first-order chi connectivity index (χ1) is 11.7. The van der Waals surface area contributed by atoms with Crippen LogP contribution >= 0.6 is 0 Å². The first-order valence-corrected chi connectivity index (χ1v) is 7.69. The summed E-state index contributed by atoms with van der Waals surface area (Å²) < 4.78 is 0. The van der Waals surface area contributed by atoms with Crippen LogP contribution in [0.2, 0.25) is 0 Å². The molecule has 1 aromatic carbocycles. The third kappa shape index (κ3) is 6.50. The Kier molecular flexibility index (Phi) is 7.39. The maximum absolute atomic E-state index is 12.1. The zero-order chi connectivity index (χ0) is 19.0. The Labute approximate surface area is 145 Å². The summed E-state index contributed by atoms with van der Waals surface area (Å²) in [5.41, 5.74) is 12.2. The lowest BCUT2D eigenvalue weighted by atomic mass is 10.1. The highest BCUT2D eigenvalue weighted by Crippen LogP contribution is 2.17. The molecular weight excluding hydrogens is 326 g/mol. The highest BCUT2D eigenvalue weighted by atomic mass is 16.4. The van der Waals surface area contributed by atoms with Crippen LogP contribution in [0.3, 0.4) is 0 Å². The quantitative estimate of drug-likeness (QED) is 0.387. The van der Waals surface area contributed by atoms with Crippen LogP contribution < -0.4 is 16.8 Å². The molecule has 0 aliphatic carbocycles. The molecule has 0 unspecified atom stereocenters. The summed E-state index contributed by atoms with van der Waals surface area (Å²) in [6, 6.07) is 6.04. The Morgan fingerprint density at radius 3 is 2.32 bits per heavy atom. The van der Waals surface area contributed by atoms with Gasteiger partial charge in [-0.25, -0.2) is 4.79 Å². The van der Waals surface area contributed by atoms with Gasteiger partial charge in [0, 0.05) is 25.6 Å². The van der Waals surface area contributed by atoms with E-state index in [1.54, 1.807) is 24.3 Å². The van der Waals surface area contributed by atoms with Crippen LogP contribution in [0.25, 0.3) is 0 Å². The second kappa shape index (κ2) is 9.26. The Balaban J connectivity index is 0.000000705. The molecule has 1 atom stereocenters. The SMILES string of the molecule is CC(=O)O.N=C(N)c1ccc(CNC(=O)[C@@H]2CCCN2C(N)=O)cc1. The molecule has 0 spiro atoms. The van der Waals surface area contributed by atoms with E-state index in [1.807, 2.05) is 0 Å². The number of amidine groups is 1. The van der Waals surface area contributed by atoms with Crippen molar-refractivity contribution in [3.8, 4) is 0 Å². The molecule has 1 saturated heterocycles. The number of aliphatic carboxylic acids is 1. The zero-order valence-corrected chi connectivity index (χ0v) is 14.0. The number of nitrogens with zero attached hydrogens (tertiary/aromatic N) is 1. The van der Waals surface area contributed by atoms with E-state index >= 15 is 0 Å². The molecule has 136 valence electrons. The summed E-state index contributed by atoms with van der Waals surface area (Å²) in [4.78, 5) is 33.7. The summed E-state index contributed by atoms with van der Waals surface area (Å²) in [5, 5.41) is 17.5. The molecule has 7 N–H and O–H groups in total. The lowest BCUT2D eigenvalue weighted by Crippen LogP contribution is -2.47. The fourth-order valence-corrected chi connectivity index (χ4v) is 2.41. The van der Waals surface area contributed by atoms with Crippen LogP contribution in [0.1, 0.15) is 30.9 Å². The van der Waals surface area contributed by atoms with Crippen LogP contribution in [0, 0.1) is 5.41 Å².